The van der Waals surface area contributed by atoms with Crippen molar-refractivity contribution in [3.8, 4) is 11.5 Å². The normalized spacial score (nSPS) is 13.5. The van der Waals surface area contributed by atoms with Crippen LogP contribution in [0.5, 0.6) is 0 Å². The maximum Gasteiger partial charge on any atom is 0.263 e. The van der Waals surface area contributed by atoms with Crippen LogP contribution in [0.3, 0.4) is 0 Å². The van der Waals surface area contributed by atoms with E-state index in [2.05, 4.69) is 20.4 Å². The van der Waals surface area contributed by atoms with Gasteiger partial charge in [-0.3, -0.25) is 19.5 Å². The van der Waals surface area contributed by atoms with E-state index in [4.69, 9.17) is 0 Å². The molecule has 0 saturated carbocycles. The van der Waals surface area contributed by atoms with Crippen molar-refractivity contribution >= 4 is 11.8 Å². The van der Waals surface area contributed by atoms with Gasteiger partial charge in [0.25, 0.3) is 11.8 Å². The molecule has 0 aliphatic carbocycles. The zero-order chi connectivity index (χ0) is 15.8. The molecule has 0 fully saturated rings. The van der Waals surface area contributed by atoms with Crippen molar-refractivity contribution in [1.29, 1.82) is 0 Å². The summed E-state index contributed by atoms with van der Waals surface area (Å²) in [7, 11) is 0. The predicted molar refractivity (Wildman–Crippen MR) is 78.0 cm³/mol. The SMILES string of the molecule is O=C1c2ccccc2C(=O)N1Cn1nnc(-c2ccccn2)n1. The Balaban J connectivity index is 1.60. The van der Waals surface area contributed by atoms with Crippen LogP contribution in [0.15, 0.2) is 48.7 Å². The standard InChI is InChI=1S/C15H10N6O2/c22-14-10-5-1-2-6-11(10)15(23)20(14)9-21-18-13(17-19-21)12-7-3-4-8-16-12/h1-8H,9H2. The number of aromatic nitrogens is 5. The van der Waals surface area contributed by atoms with Crippen molar-refractivity contribution in [3.05, 3.63) is 59.8 Å². The van der Waals surface area contributed by atoms with Crippen LogP contribution in [0.2, 0.25) is 0 Å². The molecule has 1 aliphatic rings. The fourth-order valence-electron chi connectivity index (χ4n) is 2.39. The molecular formula is C15H10N6O2. The Bertz CT molecular complexity index is 870. The zero-order valence-electron chi connectivity index (χ0n) is 11.8. The highest BCUT2D eigenvalue weighted by Crippen LogP contribution is 2.22. The van der Waals surface area contributed by atoms with E-state index < -0.39 is 0 Å². The number of amides is 2. The van der Waals surface area contributed by atoms with E-state index in [1.54, 1.807) is 42.6 Å². The molecule has 8 heteroatoms. The molecule has 0 N–H and O–H groups in total. The second kappa shape index (κ2) is 5.09. The first-order valence-corrected chi connectivity index (χ1v) is 6.88. The summed E-state index contributed by atoms with van der Waals surface area (Å²) in [6.07, 6.45) is 1.63. The van der Waals surface area contributed by atoms with Gasteiger partial charge in [0, 0.05) is 6.20 Å². The monoisotopic (exact) mass is 306 g/mol. The second-order valence-electron chi connectivity index (χ2n) is 4.93. The first-order valence-electron chi connectivity index (χ1n) is 6.88. The Morgan fingerprint density at radius 1 is 0.913 bits per heavy atom. The van der Waals surface area contributed by atoms with E-state index >= 15 is 0 Å². The number of tetrazole rings is 1. The van der Waals surface area contributed by atoms with Crippen LogP contribution >= 0.6 is 0 Å². The van der Waals surface area contributed by atoms with Crippen molar-refractivity contribution < 1.29 is 9.59 Å². The number of imide groups is 1. The number of carbonyl (C=O) groups excluding carboxylic acids is 2. The van der Waals surface area contributed by atoms with Crippen LogP contribution in [-0.4, -0.2) is 41.9 Å². The maximum absolute atomic E-state index is 12.3. The van der Waals surface area contributed by atoms with Crippen LogP contribution in [0.25, 0.3) is 11.5 Å². The number of hydrogen-bond donors (Lipinski definition) is 0. The van der Waals surface area contributed by atoms with Gasteiger partial charge >= 0.3 is 0 Å². The van der Waals surface area contributed by atoms with Crippen LogP contribution in [-0.2, 0) is 6.67 Å². The average molecular weight is 306 g/mol. The molecule has 112 valence electrons. The first kappa shape index (κ1) is 13.3. The molecule has 0 spiro atoms. The number of carbonyl (C=O) groups is 2. The molecule has 0 unspecified atom stereocenters. The highest BCUT2D eigenvalue weighted by atomic mass is 16.2. The van der Waals surface area contributed by atoms with Crippen LogP contribution < -0.4 is 0 Å². The van der Waals surface area contributed by atoms with Gasteiger partial charge in [-0.25, -0.2) is 0 Å². The zero-order valence-corrected chi connectivity index (χ0v) is 11.8. The van der Waals surface area contributed by atoms with E-state index in [1.165, 1.54) is 4.80 Å². The molecule has 23 heavy (non-hydrogen) atoms. The largest absolute Gasteiger partial charge is 0.269 e. The van der Waals surface area contributed by atoms with Crippen molar-refractivity contribution in [2.24, 2.45) is 0 Å². The van der Waals surface area contributed by atoms with Crippen molar-refractivity contribution in [2.45, 2.75) is 6.67 Å². The Hall–Kier alpha value is -3.42. The molecule has 0 atom stereocenters. The molecule has 8 nitrogen and oxygen atoms in total. The fourth-order valence-corrected chi connectivity index (χ4v) is 2.39. The smallest absolute Gasteiger partial charge is 0.263 e. The van der Waals surface area contributed by atoms with Crippen molar-refractivity contribution in [3.63, 3.8) is 0 Å². The van der Waals surface area contributed by atoms with Gasteiger partial charge in [-0.2, -0.15) is 0 Å². The Morgan fingerprint density at radius 3 is 2.26 bits per heavy atom. The number of rotatable bonds is 3. The van der Waals surface area contributed by atoms with E-state index in [-0.39, 0.29) is 18.5 Å². The summed E-state index contributed by atoms with van der Waals surface area (Å²) < 4.78 is 0. The van der Waals surface area contributed by atoms with Gasteiger partial charge in [0.05, 0.1) is 11.1 Å². The molecule has 3 aromatic rings. The Labute approximate surface area is 130 Å². The molecule has 1 aliphatic heterocycles. The third-order valence-electron chi connectivity index (χ3n) is 3.49. The predicted octanol–water partition coefficient (Wildman–Crippen LogP) is 0.989. The third kappa shape index (κ3) is 2.16. The number of hydrogen-bond acceptors (Lipinski definition) is 6. The summed E-state index contributed by atoms with van der Waals surface area (Å²) >= 11 is 0. The summed E-state index contributed by atoms with van der Waals surface area (Å²) in [6, 6.07) is 12.1. The summed E-state index contributed by atoms with van der Waals surface area (Å²) in [4.78, 5) is 31.0. The molecule has 0 radical (unpaired) electrons. The van der Waals surface area contributed by atoms with Gasteiger partial charge in [0.2, 0.25) is 5.82 Å². The molecule has 1 aromatic carbocycles. The number of pyridine rings is 1. The van der Waals surface area contributed by atoms with E-state index in [9.17, 15) is 9.59 Å². The summed E-state index contributed by atoms with van der Waals surface area (Å²) in [5.41, 5.74) is 1.35. The Morgan fingerprint density at radius 2 is 1.61 bits per heavy atom. The van der Waals surface area contributed by atoms with Gasteiger partial charge < -0.3 is 0 Å². The molecule has 3 heterocycles. The van der Waals surface area contributed by atoms with Gasteiger partial charge in [-0.1, -0.05) is 18.2 Å². The fraction of sp³-hybridized carbons (Fsp3) is 0.0667. The quantitative estimate of drug-likeness (QED) is 0.670. The van der Waals surface area contributed by atoms with Crippen molar-refractivity contribution in [2.75, 3.05) is 0 Å². The average Bonchev–Trinajstić information content (AvgIpc) is 3.16. The van der Waals surface area contributed by atoms with Crippen LogP contribution in [0.1, 0.15) is 20.7 Å². The Kier molecular flexibility index (Phi) is 2.94. The van der Waals surface area contributed by atoms with E-state index in [0.717, 1.165) is 4.90 Å². The minimum atomic E-state index is -0.359. The van der Waals surface area contributed by atoms with E-state index in [1.807, 2.05) is 6.07 Å². The highest BCUT2D eigenvalue weighted by molar-refractivity contribution is 6.21. The third-order valence-corrected chi connectivity index (χ3v) is 3.49. The topological polar surface area (TPSA) is 93.9 Å². The maximum atomic E-state index is 12.3. The van der Waals surface area contributed by atoms with Crippen LogP contribution in [0, 0.1) is 0 Å². The summed E-state index contributed by atoms with van der Waals surface area (Å²) in [6.45, 7) is -0.0911. The summed E-state index contributed by atoms with van der Waals surface area (Å²) in [5.74, 6) is -0.383. The number of benzene rings is 1. The van der Waals surface area contributed by atoms with Gasteiger partial charge in [0.1, 0.15) is 12.4 Å². The first-order chi connectivity index (χ1) is 11.2. The second-order valence-corrected chi connectivity index (χ2v) is 4.93. The molecule has 4 rings (SSSR count). The summed E-state index contributed by atoms with van der Waals surface area (Å²) in [5, 5.41) is 11.9. The molecular weight excluding hydrogens is 296 g/mol. The minimum absolute atomic E-state index is 0.0911. The number of fused-ring (bicyclic) bond motifs is 1. The van der Waals surface area contributed by atoms with Gasteiger partial charge in [-0.05, 0) is 29.5 Å². The molecule has 2 aromatic heterocycles. The van der Waals surface area contributed by atoms with Crippen molar-refractivity contribution in [1.82, 2.24) is 30.1 Å². The van der Waals surface area contributed by atoms with Crippen LogP contribution in [0.4, 0.5) is 0 Å². The molecule has 0 bridgehead atoms. The van der Waals surface area contributed by atoms with E-state index in [0.29, 0.717) is 22.6 Å². The molecule has 0 saturated heterocycles. The lowest BCUT2D eigenvalue weighted by atomic mass is 10.1. The lowest BCUT2D eigenvalue weighted by Gasteiger charge is -2.11. The van der Waals surface area contributed by atoms with Gasteiger partial charge in [-0.15, -0.1) is 15.0 Å². The molecule has 2 amide bonds. The van der Waals surface area contributed by atoms with Gasteiger partial charge in [0.15, 0.2) is 0 Å². The minimum Gasteiger partial charge on any atom is -0.269 e. The highest BCUT2D eigenvalue weighted by Gasteiger charge is 2.35. The lowest BCUT2D eigenvalue weighted by molar-refractivity contribution is 0.0586. The number of nitrogens with zero attached hydrogens (tertiary/aromatic N) is 6. The lowest BCUT2D eigenvalue weighted by Crippen LogP contribution is -2.32.